The lowest BCUT2D eigenvalue weighted by Crippen LogP contribution is -2.18. The van der Waals surface area contributed by atoms with Gasteiger partial charge >= 0.3 is 0 Å². The third-order valence-corrected chi connectivity index (χ3v) is 3.72. The summed E-state index contributed by atoms with van der Waals surface area (Å²) in [7, 11) is 6.06. The first kappa shape index (κ1) is 15.6. The lowest BCUT2D eigenvalue weighted by Gasteiger charge is -2.14. The minimum atomic E-state index is 0.611. The van der Waals surface area contributed by atoms with Crippen LogP contribution in [0.25, 0.3) is 0 Å². The van der Waals surface area contributed by atoms with Gasteiger partial charge in [-0.3, -0.25) is 0 Å². The summed E-state index contributed by atoms with van der Waals surface area (Å²) in [4.78, 5) is 11.4. The average Bonchev–Trinajstić information content (AvgIpc) is 2.29. The monoisotopic (exact) mass is 362 g/mol. The second-order valence-electron chi connectivity index (χ2n) is 5.15. The summed E-state index contributed by atoms with van der Waals surface area (Å²) in [5.41, 5.74) is 1.17. The molecule has 0 aliphatic heterocycles. The average molecular weight is 362 g/mol. The summed E-state index contributed by atoms with van der Waals surface area (Å²) < 4.78 is 1.15. The Hall–Kier alpha value is -0.430. The van der Waals surface area contributed by atoms with Crippen LogP contribution in [0.2, 0.25) is 0 Å². The summed E-state index contributed by atoms with van der Waals surface area (Å²) in [6.45, 7) is 5.42. The molecule has 1 aromatic heterocycles. The van der Waals surface area contributed by atoms with Crippen molar-refractivity contribution in [3.63, 3.8) is 0 Å². The van der Waals surface area contributed by atoms with Crippen LogP contribution >= 0.6 is 22.6 Å². The van der Waals surface area contributed by atoms with Crippen molar-refractivity contribution in [1.29, 1.82) is 0 Å². The minimum Gasteiger partial charge on any atom is -0.372 e. The number of nitrogens with one attached hydrogen (secondary N) is 1. The van der Waals surface area contributed by atoms with Gasteiger partial charge in [-0.15, -0.1) is 0 Å². The normalized spacial score (nSPS) is 11.3. The zero-order valence-electron chi connectivity index (χ0n) is 11.9. The van der Waals surface area contributed by atoms with Gasteiger partial charge in [0.1, 0.15) is 11.6 Å². The summed E-state index contributed by atoms with van der Waals surface area (Å²) in [5.74, 6) is 2.50. The smallest absolute Gasteiger partial charge is 0.143 e. The maximum Gasteiger partial charge on any atom is 0.143 e. The van der Waals surface area contributed by atoms with E-state index in [0.717, 1.165) is 34.6 Å². The van der Waals surface area contributed by atoms with Crippen molar-refractivity contribution in [2.24, 2.45) is 5.92 Å². The molecule has 0 fully saturated rings. The molecule has 0 atom stereocenters. The van der Waals surface area contributed by atoms with Crippen LogP contribution in [0.3, 0.4) is 0 Å². The molecule has 18 heavy (non-hydrogen) atoms. The predicted octanol–water partition coefficient (Wildman–Crippen LogP) is 2.43. The zero-order valence-corrected chi connectivity index (χ0v) is 14.1. The van der Waals surface area contributed by atoms with Gasteiger partial charge in [0.25, 0.3) is 0 Å². The van der Waals surface area contributed by atoms with Crippen LogP contribution in [0.15, 0.2) is 0 Å². The first-order chi connectivity index (χ1) is 8.43. The second kappa shape index (κ2) is 7.23. The number of rotatable bonds is 6. The Morgan fingerprint density at radius 2 is 1.94 bits per heavy atom. The highest BCUT2D eigenvalue weighted by atomic mass is 127. The zero-order chi connectivity index (χ0) is 13.7. The summed E-state index contributed by atoms with van der Waals surface area (Å²) in [6.07, 6.45) is 1.90. The fourth-order valence-corrected chi connectivity index (χ4v) is 2.40. The molecule has 1 heterocycles. The predicted molar refractivity (Wildman–Crippen MR) is 85.1 cm³/mol. The largest absolute Gasteiger partial charge is 0.372 e. The highest BCUT2D eigenvalue weighted by molar-refractivity contribution is 14.1. The topological polar surface area (TPSA) is 41.1 Å². The summed E-state index contributed by atoms with van der Waals surface area (Å²) in [6, 6.07) is 0. The number of aromatic nitrogens is 2. The number of anilines is 1. The fraction of sp³-hybridized carbons (Fsp3) is 0.692. The molecule has 102 valence electrons. The Morgan fingerprint density at radius 3 is 2.44 bits per heavy atom. The van der Waals surface area contributed by atoms with Crippen LogP contribution in [0, 0.1) is 9.49 Å². The first-order valence-corrected chi connectivity index (χ1v) is 7.39. The number of likely N-dealkylation sites (N-methyl/N-ethyl adjacent to an activating group) is 1. The number of halogens is 1. The molecular formula is C13H23IN4. The number of nitrogens with zero attached hydrogens (tertiary/aromatic N) is 3. The van der Waals surface area contributed by atoms with Gasteiger partial charge in [-0.2, -0.15) is 0 Å². The van der Waals surface area contributed by atoms with E-state index < -0.39 is 0 Å². The molecule has 0 aromatic carbocycles. The molecule has 0 saturated carbocycles. The summed E-state index contributed by atoms with van der Waals surface area (Å²) in [5, 5.41) is 3.16. The summed E-state index contributed by atoms with van der Waals surface area (Å²) >= 11 is 2.33. The highest BCUT2D eigenvalue weighted by Gasteiger charge is 2.12. The SMILES string of the molecule is CNc1nc(CCN(C)C)nc(CC(C)C)c1I. The van der Waals surface area contributed by atoms with Gasteiger partial charge < -0.3 is 10.2 Å². The Balaban J connectivity index is 2.97. The van der Waals surface area contributed by atoms with Crippen LogP contribution in [-0.4, -0.2) is 42.6 Å². The van der Waals surface area contributed by atoms with Gasteiger partial charge in [-0.25, -0.2) is 9.97 Å². The van der Waals surface area contributed by atoms with Crippen molar-refractivity contribution in [1.82, 2.24) is 14.9 Å². The van der Waals surface area contributed by atoms with Crippen LogP contribution in [0.4, 0.5) is 5.82 Å². The molecule has 0 aliphatic rings. The lowest BCUT2D eigenvalue weighted by molar-refractivity contribution is 0.409. The van der Waals surface area contributed by atoms with Crippen molar-refractivity contribution < 1.29 is 0 Å². The maximum absolute atomic E-state index is 4.71. The molecule has 1 N–H and O–H groups in total. The molecular weight excluding hydrogens is 339 g/mol. The molecule has 0 bridgehead atoms. The number of hydrogen-bond acceptors (Lipinski definition) is 4. The van der Waals surface area contributed by atoms with E-state index in [1.807, 2.05) is 7.05 Å². The van der Waals surface area contributed by atoms with Gasteiger partial charge in [0.2, 0.25) is 0 Å². The Morgan fingerprint density at radius 1 is 1.28 bits per heavy atom. The van der Waals surface area contributed by atoms with Crippen molar-refractivity contribution in [2.45, 2.75) is 26.7 Å². The van der Waals surface area contributed by atoms with Crippen molar-refractivity contribution >= 4 is 28.4 Å². The second-order valence-corrected chi connectivity index (χ2v) is 6.23. The van der Waals surface area contributed by atoms with E-state index in [-0.39, 0.29) is 0 Å². The third-order valence-electron chi connectivity index (χ3n) is 2.59. The third kappa shape index (κ3) is 4.68. The Kier molecular flexibility index (Phi) is 6.28. The van der Waals surface area contributed by atoms with Crippen molar-refractivity contribution in [3.8, 4) is 0 Å². The molecule has 0 aliphatic carbocycles. The van der Waals surface area contributed by atoms with Crippen molar-refractivity contribution in [2.75, 3.05) is 33.0 Å². The lowest BCUT2D eigenvalue weighted by atomic mass is 10.1. The highest BCUT2D eigenvalue weighted by Crippen LogP contribution is 2.21. The Bertz CT molecular complexity index is 391. The van der Waals surface area contributed by atoms with Gasteiger partial charge in [-0.05, 0) is 49.0 Å². The van der Waals surface area contributed by atoms with Crippen LogP contribution in [-0.2, 0) is 12.8 Å². The van der Waals surface area contributed by atoms with Crippen molar-refractivity contribution in [3.05, 3.63) is 15.1 Å². The molecule has 0 saturated heterocycles. The molecule has 0 unspecified atom stereocenters. The number of hydrogen-bond donors (Lipinski definition) is 1. The molecule has 1 rings (SSSR count). The molecule has 0 radical (unpaired) electrons. The van der Waals surface area contributed by atoms with E-state index in [9.17, 15) is 0 Å². The standard InChI is InChI=1S/C13H23IN4/c1-9(2)8-10-12(14)13(15-3)17-11(16-10)6-7-18(4)5/h9H,6-8H2,1-5H3,(H,15,16,17). The fourth-order valence-electron chi connectivity index (χ4n) is 1.67. The van der Waals surface area contributed by atoms with E-state index >= 15 is 0 Å². The van der Waals surface area contributed by atoms with E-state index in [2.05, 4.69) is 65.7 Å². The van der Waals surface area contributed by atoms with E-state index in [1.54, 1.807) is 0 Å². The van der Waals surface area contributed by atoms with E-state index in [4.69, 9.17) is 4.98 Å². The van der Waals surface area contributed by atoms with Crippen LogP contribution < -0.4 is 5.32 Å². The van der Waals surface area contributed by atoms with Gasteiger partial charge in [0, 0.05) is 20.0 Å². The molecule has 1 aromatic rings. The quantitative estimate of drug-likeness (QED) is 0.790. The van der Waals surface area contributed by atoms with Crippen LogP contribution in [0.1, 0.15) is 25.4 Å². The van der Waals surface area contributed by atoms with E-state index in [1.165, 1.54) is 5.69 Å². The van der Waals surface area contributed by atoms with Crippen LogP contribution in [0.5, 0.6) is 0 Å². The van der Waals surface area contributed by atoms with Gasteiger partial charge in [0.05, 0.1) is 9.26 Å². The maximum atomic E-state index is 4.71. The van der Waals surface area contributed by atoms with Gasteiger partial charge in [0.15, 0.2) is 0 Å². The first-order valence-electron chi connectivity index (χ1n) is 6.31. The molecule has 0 spiro atoms. The minimum absolute atomic E-state index is 0.611. The molecule has 0 amide bonds. The van der Waals surface area contributed by atoms with Gasteiger partial charge in [-0.1, -0.05) is 13.8 Å². The molecule has 4 nitrogen and oxygen atoms in total. The Labute approximate surface area is 124 Å². The molecule has 5 heteroatoms. The van der Waals surface area contributed by atoms with E-state index in [0.29, 0.717) is 5.92 Å².